The molecule has 0 saturated carbocycles. The van der Waals surface area contributed by atoms with Gasteiger partial charge in [-0.1, -0.05) is 101 Å². The van der Waals surface area contributed by atoms with E-state index in [0.717, 1.165) is 39.0 Å². The number of benzene rings is 2. The van der Waals surface area contributed by atoms with E-state index < -0.39 is 0 Å². The molecule has 0 amide bonds. The Kier molecular flexibility index (Phi) is 10.4. The summed E-state index contributed by atoms with van der Waals surface area (Å²) in [5.74, 6) is 0. The SMILES string of the molecule is C=NCC1(CCCC(C)(CCC)C(=C)C)CN(Cc2cc(CC)c(-c3ccc(C)cc3)c(CCC)c2)C1. The lowest BCUT2D eigenvalue weighted by molar-refractivity contribution is -0.00818. The molecule has 2 heteroatoms. The molecule has 1 fully saturated rings. The molecule has 0 aromatic heterocycles. The fourth-order valence-electron chi connectivity index (χ4n) is 6.57. The summed E-state index contributed by atoms with van der Waals surface area (Å²) in [7, 11) is 0. The van der Waals surface area contributed by atoms with Gasteiger partial charge >= 0.3 is 0 Å². The van der Waals surface area contributed by atoms with Gasteiger partial charge in [-0.25, -0.2) is 0 Å². The zero-order valence-corrected chi connectivity index (χ0v) is 24.8. The van der Waals surface area contributed by atoms with E-state index in [2.05, 4.69) is 101 Å². The van der Waals surface area contributed by atoms with E-state index in [9.17, 15) is 0 Å². The van der Waals surface area contributed by atoms with Gasteiger partial charge in [0.05, 0.1) is 0 Å². The smallest absolute Gasteiger partial charge is 0.0463 e. The Bertz CT molecular complexity index is 1040. The Morgan fingerprint density at radius 1 is 1.03 bits per heavy atom. The summed E-state index contributed by atoms with van der Waals surface area (Å²) < 4.78 is 0. The Morgan fingerprint density at radius 2 is 1.70 bits per heavy atom. The van der Waals surface area contributed by atoms with E-state index in [-0.39, 0.29) is 5.41 Å². The van der Waals surface area contributed by atoms with E-state index in [0.29, 0.717) is 5.41 Å². The Labute approximate surface area is 228 Å². The number of allylic oxidation sites excluding steroid dienone is 1. The van der Waals surface area contributed by atoms with Crippen molar-refractivity contribution in [1.82, 2.24) is 4.90 Å². The second-order valence-electron chi connectivity index (χ2n) is 12.2. The highest BCUT2D eigenvalue weighted by molar-refractivity contribution is 5.72. The Morgan fingerprint density at radius 3 is 2.27 bits per heavy atom. The number of likely N-dealkylation sites (tertiary alicyclic amines) is 1. The van der Waals surface area contributed by atoms with Crippen LogP contribution in [0.4, 0.5) is 0 Å². The van der Waals surface area contributed by atoms with Crippen LogP contribution in [0.3, 0.4) is 0 Å². The Hall–Kier alpha value is -2.19. The van der Waals surface area contributed by atoms with Crippen LogP contribution in [-0.2, 0) is 19.4 Å². The van der Waals surface area contributed by atoms with Crippen molar-refractivity contribution >= 4 is 6.72 Å². The van der Waals surface area contributed by atoms with Crippen LogP contribution in [0.25, 0.3) is 11.1 Å². The van der Waals surface area contributed by atoms with Crippen molar-refractivity contribution in [2.45, 2.75) is 99.5 Å². The van der Waals surface area contributed by atoms with Crippen LogP contribution in [-0.4, -0.2) is 31.3 Å². The average Bonchev–Trinajstić information content (AvgIpc) is 2.84. The predicted octanol–water partition coefficient (Wildman–Crippen LogP) is 9.23. The predicted molar refractivity (Wildman–Crippen MR) is 164 cm³/mol. The van der Waals surface area contributed by atoms with E-state index in [4.69, 9.17) is 0 Å². The quantitative estimate of drug-likeness (QED) is 0.176. The Balaban J connectivity index is 1.71. The number of nitrogens with zero attached hydrogens (tertiary/aromatic N) is 2. The molecule has 0 radical (unpaired) electrons. The van der Waals surface area contributed by atoms with E-state index in [1.165, 1.54) is 77.5 Å². The van der Waals surface area contributed by atoms with Crippen LogP contribution in [0.15, 0.2) is 53.5 Å². The molecule has 1 aliphatic rings. The molecule has 1 aliphatic heterocycles. The molecule has 3 rings (SSSR count). The van der Waals surface area contributed by atoms with E-state index in [1.807, 2.05) is 0 Å². The van der Waals surface area contributed by atoms with E-state index in [1.54, 1.807) is 0 Å². The maximum absolute atomic E-state index is 4.38. The fraction of sp³-hybridized carbons (Fsp3) is 0.571. The lowest BCUT2D eigenvalue weighted by atomic mass is 9.71. The summed E-state index contributed by atoms with van der Waals surface area (Å²) in [5, 5.41) is 0. The van der Waals surface area contributed by atoms with Gasteiger partial charge in [0.15, 0.2) is 0 Å². The maximum atomic E-state index is 4.38. The summed E-state index contributed by atoms with van der Waals surface area (Å²) in [6.45, 7) is 26.0. The van der Waals surface area contributed by atoms with Crippen molar-refractivity contribution in [2.75, 3.05) is 19.6 Å². The maximum Gasteiger partial charge on any atom is 0.0463 e. The molecule has 1 atom stereocenters. The number of hydrogen-bond acceptors (Lipinski definition) is 2. The summed E-state index contributed by atoms with van der Waals surface area (Å²) in [6.07, 6.45) is 9.55. The monoisotopic (exact) mass is 500 g/mol. The molecule has 2 aromatic rings. The number of aryl methyl sites for hydroxylation is 3. The highest BCUT2D eigenvalue weighted by Gasteiger charge is 2.42. The molecule has 202 valence electrons. The molecule has 0 spiro atoms. The van der Waals surface area contributed by atoms with Gasteiger partial charge in [-0.15, -0.1) is 0 Å². The molecule has 1 saturated heterocycles. The van der Waals surface area contributed by atoms with Crippen LogP contribution in [0.1, 0.15) is 95.4 Å². The topological polar surface area (TPSA) is 15.6 Å². The highest BCUT2D eigenvalue weighted by Crippen LogP contribution is 2.42. The lowest BCUT2D eigenvalue weighted by Gasteiger charge is -2.50. The third-order valence-electron chi connectivity index (χ3n) is 8.84. The molecule has 1 heterocycles. The first-order valence-electron chi connectivity index (χ1n) is 14.7. The third-order valence-corrected chi connectivity index (χ3v) is 8.84. The minimum absolute atomic E-state index is 0.270. The first-order chi connectivity index (χ1) is 17.7. The number of rotatable bonds is 15. The zero-order chi connectivity index (χ0) is 27.1. The fourth-order valence-corrected chi connectivity index (χ4v) is 6.57. The molecule has 1 unspecified atom stereocenters. The molecule has 0 N–H and O–H groups in total. The summed E-state index contributed by atoms with van der Waals surface area (Å²) in [6, 6.07) is 14.1. The van der Waals surface area contributed by atoms with Crippen molar-refractivity contribution in [3.8, 4) is 11.1 Å². The zero-order valence-electron chi connectivity index (χ0n) is 24.8. The van der Waals surface area contributed by atoms with Crippen LogP contribution in [0.2, 0.25) is 0 Å². The minimum atomic E-state index is 0.270. The van der Waals surface area contributed by atoms with Gasteiger partial charge in [0.25, 0.3) is 0 Å². The van der Waals surface area contributed by atoms with Crippen LogP contribution in [0.5, 0.6) is 0 Å². The molecule has 37 heavy (non-hydrogen) atoms. The molecule has 0 aliphatic carbocycles. The van der Waals surface area contributed by atoms with Crippen molar-refractivity contribution in [2.24, 2.45) is 15.8 Å². The third kappa shape index (κ3) is 7.23. The van der Waals surface area contributed by atoms with Crippen molar-refractivity contribution in [3.63, 3.8) is 0 Å². The second kappa shape index (κ2) is 13.1. The number of aliphatic imine (C=N–C) groups is 1. The van der Waals surface area contributed by atoms with Crippen molar-refractivity contribution in [3.05, 3.63) is 70.8 Å². The van der Waals surface area contributed by atoms with Gasteiger partial charge in [0, 0.05) is 31.6 Å². The second-order valence-corrected chi connectivity index (χ2v) is 12.2. The first-order valence-corrected chi connectivity index (χ1v) is 14.7. The molecule has 2 nitrogen and oxygen atoms in total. The van der Waals surface area contributed by atoms with Gasteiger partial charge in [-0.2, -0.15) is 0 Å². The molecular formula is C35H52N2. The minimum Gasteiger partial charge on any atom is -0.300 e. The largest absolute Gasteiger partial charge is 0.300 e. The number of hydrogen-bond donors (Lipinski definition) is 0. The van der Waals surface area contributed by atoms with Gasteiger partial charge in [0.1, 0.15) is 0 Å². The summed E-state index contributed by atoms with van der Waals surface area (Å²) in [5.41, 5.74) is 10.5. The van der Waals surface area contributed by atoms with Gasteiger partial charge < -0.3 is 4.99 Å². The van der Waals surface area contributed by atoms with Gasteiger partial charge in [0.2, 0.25) is 0 Å². The van der Waals surface area contributed by atoms with Crippen molar-refractivity contribution < 1.29 is 0 Å². The molecular weight excluding hydrogens is 448 g/mol. The standard InChI is InChI=1S/C35H52N2/c1-9-13-32-22-29(21-30(11-3)33(32)31-16-14-28(6)15-17-31)23-37-25-35(26-37,24-36-8)20-12-19-34(7,18-10-2)27(4)5/h14-17,21-22H,4,8-13,18-20,23-26H2,1-3,5-7H3. The summed E-state index contributed by atoms with van der Waals surface area (Å²) >= 11 is 0. The van der Waals surface area contributed by atoms with Crippen molar-refractivity contribution in [1.29, 1.82) is 0 Å². The molecule has 0 bridgehead atoms. The normalized spacial score (nSPS) is 16.7. The first kappa shape index (κ1) is 29.4. The average molecular weight is 501 g/mol. The summed E-state index contributed by atoms with van der Waals surface area (Å²) in [4.78, 5) is 7.01. The van der Waals surface area contributed by atoms with Crippen LogP contribution in [0, 0.1) is 17.8 Å². The lowest BCUT2D eigenvalue weighted by Crippen LogP contribution is -2.57. The highest BCUT2D eigenvalue weighted by atomic mass is 15.2. The van der Waals surface area contributed by atoms with E-state index >= 15 is 0 Å². The molecule has 2 aromatic carbocycles. The van der Waals surface area contributed by atoms with Crippen LogP contribution >= 0.6 is 0 Å². The van der Waals surface area contributed by atoms with Gasteiger partial charge in [-0.05, 0) is 85.9 Å². The van der Waals surface area contributed by atoms with Gasteiger partial charge in [-0.3, -0.25) is 4.90 Å². The van der Waals surface area contributed by atoms with Crippen LogP contribution < -0.4 is 0 Å².